The smallest absolute Gasteiger partial charge is 0.332 e. The van der Waals surface area contributed by atoms with Crippen molar-refractivity contribution in [3.8, 4) is 0 Å². The van der Waals surface area contributed by atoms with Crippen LogP contribution in [0, 0.1) is 0 Å². The zero-order valence-electron chi connectivity index (χ0n) is 10.5. The van der Waals surface area contributed by atoms with Gasteiger partial charge in [0.1, 0.15) is 0 Å². The Hall–Kier alpha value is -0.521. The first-order valence-corrected chi connectivity index (χ1v) is 5.73. The summed E-state index contributed by atoms with van der Waals surface area (Å²) < 4.78 is 0. The van der Waals surface area contributed by atoms with E-state index in [0.29, 0.717) is 25.7 Å². The van der Waals surface area contributed by atoms with Crippen LogP contribution in [0.1, 0.15) is 52.4 Å². The molecule has 0 heterocycles. The normalized spacial score (nSPS) is 11.4. The number of aliphatic carboxylic acids is 2. The van der Waals surface area contributed by atoms with E-state index in [1.807, 2.05) is 13.8 Å². The maximum atomic E-state index is 11.0. The van der Waals surface area contributed by atoms with Crippen molar-refractivity contribution in [2.24, 2.45) is 0 Å². The van der Waals surface area contributed by atoms with E-state index < -0.39 is 11.9 Å². The maximum Gasteiger partial charge on any atom is 0.332 e. The molecule has 0 atom stereocenters. The van der Waals surface area contributed by atoms with Crippen LogP contribution in [0.25, 0.3) is 0 Å². The van der Waals surface area contributed by atoms with E-state index in [0.717, 1.165) is 12.8 Å². The zero-order chi connectivity index (χ0) is 12.6. The first kappa shape index (κ1) is 18.8. The number of carboxylic acids is 2. The Morgan fingerprint density at radius 1 is 0.824 bits per heavy atom. The first-order valence-electron chi connectivity index (χ1n) is 5.73. The summed E-state index contributed by atoms with van der Waals surface area (Å²) >= 11 is 0. The fourth-order valence-corrected chi connectivity index (χ4v) is 1.48. The largest absolute Gasteiger partial charge is 0.478 e. The Kier molecular flexibility index (Phi) is 11.8. The molecular formula is C12H20O4Sn. The third kappa shape index (κ3) is 7.41. The van der Waals surface area contributed by atoms with Gasteiger partial charge < -0.3 is 10.2 Å². The molecule has 0 aliphatic carbocycles. The van der Waals surface area contributed by atoms with E-state index in [1.54, 1.807) is 0 Å². The molecule has 0 unspecified atom stereocenters. The van der Waals surface area contributed by atoms with E-state index in [2.05, 4.69) is 0 Å². The maximum absolute atomic E-state index is 11.0. The summed E-state index contributed by atoms with van der Waals surface area (Å²) in [5.74, 6) is -2.19. The van der Waals surface area contributed by atoms with Gasteiger partial charge in [0.15, 0.2) is 0 Å². The van der Waals surface area contributed by atoms with Gasteiger partial charge in [0.05, 0.1) is 0 Å². The molecule has 2 N–H and O–H groups in total. The van der Waals surface area contributed by atoms with Crippen molar-refractivity contribution in [3.05, 3.63) is 11.1 Å². The number of carbonyl (C=O) groups is 2. The van der Waals surface area contributed by atoms with Gasteiger partial charge in [-0.15, -0.1) is 0 Å². The molecule has 5 heteroatoms. The molecule has 0 rings (SSSR count). The SMILES string of the molecule is CCCC/C(C(=O)O)=C(\CCCC)C(=O)O.[Sn]. The Morgan fingerprint density at radius 2 is 1.12 bits per heavy atom. The summed E-state index contributed by atoms with van der Waals surface area (Å²) in [4.78, 5) is 22.0. The van der Waals surface area contributed by atoms with Gasteiger partial charge in [-0.3, -0.25) is 0 Å². The monoisotopic (exact) mass is 348 g/mol. The summed E-state index contributed by atoms with van der Waals surface area (Å²) in [6, 6.07) is 0. The van der Waals surface area contributed by atoms with E-state index in [-0.39, 0.29) is 35.1 Å². The summed E-state index contributed by atoms with van der Waals surface area (Å²) in [5, 5.41) is 18.0. The number of carboxylic acid groups (broad SMARTS) is 2. The molecular weight excluding hydrogens is 327 g/mol. The predicted octanol–water partition coefficient (Wildman–Crippen LogP) is 2.45. The molecule has 4 radical (unpaired) electrons. The second-order valence-electron chi connectivity index (χ2n) is 3.77. The van der Waals surface area contributed by atoms with Crippen LogP contribution in [0.4, 0.5) is 0 Å². The summed E-state index contributed by atoms with van der Waals surface area (Å²) in [7, 11) is 0. The average molecular weight is 347 g/mol. The molecule has 0 amide bonds. The van der Waals surface area contributed by atoms with E-state index >= 15 is 0 Å². The van der Waals surface area contributed by atoms with Gasteiger partial charge in [-0.05, 0) is 25.7 Å². The average Bonchev–Trinajstić information content (AvgIpc) is 2.21. The van der Waals surface area contributed by atoms with Gasteiger partial charge in [0.25, 0.3) is 0 Å². The minimum absolute atomic E-state index is 0. The number of rotatable bonds is 8. The molecule has 4 nitrogen and oxygen atoms in total. The number of unbranched alkanes of at least 4 members (excludes halogenated alkanes) is 2. The van der Waals surface area contributed by atoms with Gasteiger partial charge in [-0.25, -0.2) is 9.59 Å². The standard InChI is InChI=1S/C12H20O4.Sn/c1-3-5-7-9(11(13)14)10(12(15)16)8-6-4-2;/h3-8H2,1-2H3,(H,13,14)(H,15,16);/b10-9-;. The van der Waals surface area contributed by atoms with Gasteiger partial charge in [-0.2, -0.15) is 0 Å². The van der Waals surface area contributed by atoms with E-state index in [1.165, 1.54) is 0 Å². The van der Waals surface area contributed by atoms with Crippen LogP contribution in [-0.4, -0.2) is 46.1 Å². The predicted molar refractivity (Wildman–Crippen MR) is 67.1 cm³/mol. The van der Waals surface area contributed by atoms with E-state index in [4.69, 9.17) is 10.2 Å². The molecule has 0 fully saturated rings. The zero-order valence-corrected chi connectivity index (χ0v) is 13.3. The molecule has 0 saturated heterocycles. The van der Waals surface area contributed by atoms with E-state index in [9.17, 15) is 9.59 Å². The van der Waals surface area contributed by atoms with Crippen LogP contribution in [0.5, 0.6) is 0 Å². The molecule has 0 bridgehead atoms. The topological polar surface area (TPSA) is 74.6 Å². The van der Waals surface area contributed by atoms with Gasteiger partial charge in [0.2, 0.25) is 0 Å². The Bertz CT molecular complexity index is 256. The molecule has 96 valence electrons. The molecule has 0 aliphatic rings. The Balaban J connectivity index is 0. The minimum Gasteiger partial charge on any atom is -0.478 e. The molecule has 0 saturated carbocycles. The molecule has 0 aliphatic heterocycles. The quantitative estimate of drug-likeness (QED) is 0.523. The Morgan fingerprint density at radius 3 is 1.29 bits per heavy atom. The Labute approximate surface area is 119 Å². The van der Waals surface area contributed by atoms with Crippen molar-refractivity contribution in [2.75, 3.05) is 0 Å². The second kappa shape index (κ2) is 10.6. The van der Waals surface area contributed by atoms with Crippen molar-refractivity contribution >= 4 is 35.8 Å². The molecule has 0 aromatic carbocycles. The van der Waals surface area contributed by atoms with Crippen LogP contribution in [0.3, 0.4) is 0 Å². The molecule has 0 spiro atoms. The first-order chi connectivity index (χ1) is 7.54. The third-order valence-electron chi connectivity index (χ3n) is 2.44. The van der Waals surface area contributed by atoms with Crippen molar-refractivity contribution < 1.29 is 19.8 Å². The van der Waals surface area contributed by atoms with Crippen LogP contribution in [-0.2, 0) is 9.59 Å². The second-order valence-corrected chi connectivity index (χ2v) is 3.77. The van der Waals surface area contributed by atoms with Crippen LogP contribution in [0.2, 0.25) is 0 Å². The third-order valence-corrected chi connectivity index (χ3v) is 2.44. The van der Waals surface area contributed by atoms with Crippen LogP contribution in [0.15, 0.2) is 11.1 Å². The van der Waals surface area contributed by atoms with Crippen molar-refractivity contribution in [3.63, 3.8) is 0 Å². The summed E-state index contributed by atoms with van der Waals surface area (Å²) in [5.41, 5.74) is 0.144. The minimum atomic E-state index is -1.10. The molecule has 17 heavy (non-hydrogen) atoms. The van der Waals surface area contributed by atoms with Crippen LogP contribution >= 0.6 is 0 Å². The van der Waals surface area contributed by atoms with Crippen molar-refractivity contribution in [1.82, 2.24) is 0 Å². The molecule has 0 aromatic rings. The van der Waals surface area contributed by atoms with Crippen molar-refractivity contribution in [1.29, 1.82) is 0 Å². The summed E-state index contributed by atoms with van der Waals surface area (Å²) in [6.07, 6.45) is 3.83. The number of hydrogen-bond donors (Lipinski definition) is 2. The van der Waals surface area contributed by atoms with Crippen molar-refractivity contribution in [2.45, 2.75) is 52.4 Å². The fraction of sp³-hybridized carbons (Fsp3) is 0.667. The van der Waals surface area contributed by atoms with Crippen LogP contribution < -0.4 is 0 Å². The summed E-state index contributed by atoms with van der Waals surface area (Å²) in [6.45, 7) is 3.90. The fourth-order valence-electron chi connectivity index (χ4n) is 1.48. The number of hydrogen-bond acceptors (Lipinski definition) is 2. The molecule has 0 aromatic heterocycles. The van der Waals surface area contributed by atoms with Gasteiger partial charge >= 0.3 is 11.9 Å². The van der Waals surface area contributed by atoms with Gasteiger partial charge in [-0.1, -0.05) is 26.7 Å². The van der Waals surface area contributed by atoms with Gasteiger partial charge in [0, 0.05) is 35.1 Å².